The number of aliphatic hydroxyl groups is 1. The van der Waals surface area contributed by atoms with E-state index in [9.17, 15) is 14.9 Å². The van der Waals surface area contributed by atoms with Crippen LogP contribution in [0, 0.1) is 11.3 Å². The average molecular weight is 372 g/mol. The summed E-state index contributed by atoms with van der Waals surface area (Å²) in [5, 5.41) is 23.8. The molecule has 0 saturated carbocycles. The number of nitrogens with one attached hydrogen (secondary N) is 2. The van der Waals surface area contributed by atoms with Crippen molar-refractivity contribution in [3.05, 3.63) is 49.9 Å². The molecule has 0 radical (unpaired) electrons. The van der Waals surface area contributed by atoms with Gasteiger partial charge in [-0.15, -0.1) is 11.3 Å². The Balaban J connectivity index is 2.47. The molecule has 136 valence electrons. The summed E-state index contributed by atoms with van der Waals surface area (Å²) in [6, 6.07) is 11.3. The number of nitriles is 1. The third-order valence-electron chi connectivity index (χ3n) is 3.54. The van der Waals surface area contributed by atoms with Gasteiger partial charge in [-0.05, 0) is 25.5 Å². The molecular weight excluding hydrogens is 352 g/mol. The lowest BCUT2D eigenvalue weighted by atomic mass is 10.3. The van der Waals surface area contributed by atoms with E-state index in [4.69, 9.17) is 5.11 Å². The van der Waals surface area contributed by atoms with Gasteiger partial charge in [-0.25, -0.2) is 0 Å². The van der Waals surface area contributed by atoms with Crippen LogP contribution in [0.15, 0.2) is 35.1 Å². The number of hydrogen-bond acceptors (Lipinski definition) is 6. The normalized spacial score (nSPS) is 12.4. The Morgan fingerprint density at radius 1 is 1.38 bits per heavy atom. The summed E-state index contributed by atoms with van der Waals surface area (Å²) < 4.78 is 2.14. The molecule has 0 unspecified atom stereocenters. The molecule has 0 aliphatic rings. The van der Waals surface area contributed by atoms with Crippen LogP contribution in [0.25, 0.3) is 11.8 Å². The van der Waals surface area contributed by atoms with Gasteiger partial charge in [0, 0.05) is 31.6 Å². The summed E-state index contributed by atoms with van der Waals surface area (Å²) in [5.74, 6) is -0.549. The Hall–Kier alpha value is -2.89. The number of amides is 1. The van der Waals surface area contributed by atoms with Gasteiger partial charge in [0.2, 0.25) is 0 Å². The zero-order chi connectivity index (χ0) is 18.9. The van der Waals surface area contributed by atoms with Gasteiger partial charge >= 0.3 is 0 Å². The first kappa shape index (κ1) is 19.4. The van der Waals surface area contributed by atoms with E-state index in [1.165, 1.54) is 4.57 Å². The summed E-state index contributed by atoms with van der Waals surface area (Å²) in [5.41, 5.74) is 0.467. The number of carbonyl (C=O) groups is 1. The summed E-state index contributed by atoms with van der Waals surface area (Å²) in [6.45, 7) is 2.34. The van der Waals surface area contributed by atoms with Crippen LogP contribution in [-0.2, 0) is 11.3 Å². The quantitative estimate of drug-likeness (QED) is 0.591. The van der Waals surface area contributed by atoms with Crippen LogP contribution in [0.4, 0.5) is 5.69 Å². The molecular formula is C18H20N4O3S. The topological polar surface area (TPSA) is 107 Å². The molecule has 3 N–H and O–H groups in total. The smallest absolute Gasteiger partial charge is 0.270 e. The van der Waals surface area contributed by atoms with Crippen molar-refractivity contribution in [1.29, 1.82) is 5.26 Å². The number of nitrogens with zero attached hydrogens (tertiary/aromatic N) is 2. The Morgan fingerprint density at radius 2 is 2.12 bits per heavy atom. The highest BCUT2D eigenvalue weighted by molar-refractivity contribution is 7.07. The zero-order valence-corrected chi connectivity index (χ0v) is 15.2. The lowest BCUT2D eigenvalue weighted by molar-refractivity contribution is -0.115. The number of benzene rings is 1. The third kappa shape index (κ3) is 4.59. The molecule has 0 aliphatic carbocycles. The van der Waals surface area contributed by atoms with Crippen LogP contribution in [0.3, 0.4) is 0 Å². The van der Waals surface area contributed by atoms with E-state index in [2.05, 4.69) is 10.6 Å². The predicted octanol–water partition coefficient (Wildman–Crippen LogP) is -0.0473. The highest BCUT2D eigenvalue weighted by atomic mass is 32.1. The van der Waals surface area contributed by atoms with Gasteiger partial charge in [-0.2, -0.15) is 5.26 Å². The summed E-state index contributed by atoms with van der Waals surface area (Å²) in [6.07, 6.45) is 1.98. The van der Waals surface area contributed by atoms with Crippen LogP contribution in [0.2, 0.25) is 0 Å². The molecule has 26 heavy (non-hydrogen) atoms. The fourth-order valence-corrected chi connectivity index (χ4v) is 3.33. The van der Waals surface area contributed by atoms with E-state index in [-0.39, 0.29) is 24.3 Å². The van der Waals surface area contributed by atoms with Gasteiger partial charge in [0.05, 0.1) is 0 Å². The standard InChI is InChI=1S/C18H20N4O3S/c1-2-22-17(25)15(12-21-13-7-4-3-5-8-13)26-18(22)14(11-19)16(24)20-9-6-10-23/h3-5,7-8,12,21,23H,2,6,9-10H2,1H3,(H,20,24)/b15-12+,18-14-. The molecule has 8 heteroatoms. The molecule has 0 aliphatic heterocycles. The van der Waals surface area contributed by atoms with Crippen LogP contribution in [0.1, 0.15) is 13.3 Å². The van der Waals surface area contributed by atoms with E-state index in [1.807, 2.05) is 36.4 Å². The Bertz CT molecular complexity index is 971. The number of anilines is 1. The van der Waals surface area contributed by atoms with Crippen molar-refractivity contribution in [2.24, 2.45) is 0 Å². The average Bonchev–Trinajstić information content (AvgIpc) is 2.97. The van der Waals surface area contributed by atoms with E-state index < -0.39 is 5.91 Å². The maximum Gasteiger partial charge on any atom is 0.270 e. The second kappa shape index (κ2) is 9.56. The van der Waals surface area contributed by atoms with Crippen LogP contribution < -0.4 is 25.4 Å². The molecule has 1 heterocycles. The number of aromatic nitrogens is 1. The lowest BCUT2D eigenvalue weighted by Crippen LogP contribution is -2.34. The fraction of sp³-hybridized carbons (Fsp3) is 0.278. The lowest BCUT2D eigenvalue weighted by Gasteiger charge is -2.02. The van der Waals surface area contributed by atoms with Crippen molar-refractivity contribution in [1.82, 2.24) is 9.88 Å². The Labute approximate surface area is 154 Å². The molecule has 0 spiro atoms. The molecule has 0 saturated heterocycles. The van der Waals surface area contributed by atoms with Crippen molar-refractivity contribution in [3.8, 4) is 6.07 Å². The van der Waals surface area contributed by atoms with Crippen molar-refractivity contribution in [3.63, 3.8) is 0 Å². The first-order valence-corrected chi connectivity index (χ1v) is 8.98. The third-order valence-corrected chi connectivity index (χ3v) is 4.67. The van der Waals surface area contributed by atoms with Gasteiger partial charge in [0.25, 0.3) is 11.5 Å². The molecule has 0 fully saturated rings. The molecule has 1 aromatic heterocycles. The van der Waals surface area contributed by atoms with Gasteiger partial charge in [0.1, 0.15) is 15.3 Å². The Kier molecular flexibility index (Phi) is 7.14. The number of para-hydroxylation sites is 1. The fourth-order valence-electron chi connectivity index (χ4n) is 2.24. The number of hydrogen-bond donors (Lipinski definition) is 3. The summed E-state index contributed by atoms with van der Waals surface area (Å²) >= 11 is 1.09. The molecule has 1 amide bonds. The highest BCUT2D eigenvalue weighted by Crippen LogP contribution is 2.04. The molecule has 1 aromatic carbocycles. The van der Waals surface area contributed by atoms with Gasteiger partial charge in [-0.3, -0.25) is 14.2 Å². The van der Waals surface area contributed by atoms with E-state index in [0.717, 1.165) is 17.0 Å². The molecule has 2 aromatic rings. The van der Waals surface area contributed by atoms with Crippen LogP contribution in [-0.4, -0.2) is 28.7 Å². The van der Waals surface area contributed by atoms with Crippen molar-refractivity contribution in [2.45, 2.75) is 19.9 Å². The van der Waals surface area contributed by atoms with E-state index in [1.54, 1.807) is 13.1 Å². The van der Waals surface area contributed by atoms with Gasteiger partial charge in [0.15, 0.2) is 5.57 Å². The first-order chi connectivity index (χ1) is 12.6. The molecule has 7 nitrogen and oxygen atoms in total. The predicted molar refractivity (Wildman–Crippen MR) is 102 cm³/mol. The number of carbonyl (C=O) groups excluding carboxylic acids is 1. The highest BCUT2D eigenvalue weighted by Gasteiger charge is 2.14. The van der Waals surface area contributed by atoms with Crippen LogP contribution in [0.5, 0.6) is 0 Å². The van der Waals surface area contributed by atoms with Crippen molar-refractivity contribution >= 4 is 34.7 Å². The largest absolute Gasteiger partial charge is 0.396 e. The molecule has 2 rings (SSSR count). The second-order valence-corrected chi connectivity index (χ2v) is 6.33. The first-order valence-electron chi connectivity index (χ1n) is 8.17. The minimum absolute atomic E-state index is 0.0505. The van der Waals surface area contributed by atoms with E-state index in [0.29, 0.717) is 22.2 Å². The monoisotopic (exact) mass is 372 g/mol. The minimum atomic E-state index is -0.549. The van der Waals surface area contributed by atoms with Gasteiger partial charge in [-0.1, -0.05) is 18.2 Å². The SMILES string of the molecule is CCn1c(=O)/c(=C\Nc2ccccc2)s/c1=C(/C#N)C(=O)NCCCO. The van der Waals surface area contributed by atoms with E-state index >= 15 is 0 Å². The second-order valence-electron chi connectivity index (χ2n) is 5.30. The number of thiazole rings is 1. The molecule has 0 atom stereocenters. The molecule has 0 bridgehead atoms. The van der Waals surface area contributed by atoms with Crippen molar-refractivity contribution in [2.75, 3.05) is 18.5 Å². The Morgan fingerprint density at radius 3 is 2.73 bits per heavy atom. The summed E-state index contributed by atoms with van der Waals surface area (Å²) in [4.78, 5) is 24.8. The summed E-state index contributed by atoms with van der Waals surface area (Å²) in [7, 11) is 0. The maximum absolute atomic E-state index is 12.6. The van der Waals surface area contributed by atoms with Crippen molar-refractivity contribution < 1.29 is 9.90 Å². The van der Waals surface area contributed by atoms with Gasteiger partial charge < -0.3 is 15.7 Å². The maximum atomic E-state index is 12.6. The number of rotatable bonds is 7. The number of aliphatic hydroxyl groups excluding tert-OH is 1. The zero-order valence-electron chi connectivity index (χ0n) is 14.4. The minimum Gasteiger partial charge on any atom is -0.396 e. The van der Waals surface area contributed by atoms with Crippen LogP contribution >= 0.6 is 11.3 Å².